The Balaban J connectivity index is 1.08. The van der Waals surface area contributed by atoms with Crippen LogP contribution in [0.5, 0.6) is 0 Å². The summed E-state index contributed by atoms with van der Waals surface area (Å²) in [5.41, 5.74) is 2.09. The number of rotatable bonds is 5. The van der Waals surface area contributed by atoms with Crippen LogP contribution in [0.25, 0.3) is 0 Å². The van der Waals surface area contributed by atoms with Crippen molar-refractivity contribution in [3.05, 3.63) is 17.6 Å². The summed E-state index contributed by atoms with van der Waals surface area (Å²) in [5, 5.41) is 14.8. The van der Waals surface area contributed by atoms with E-state index in [1.54, 1.807) is 13.3 Å². The number of aliphatic hydroxyl groups is 1. The molecule has 4 bridgehead atoms. The number of likely N-dealkylation sites (tertiary alicyclic amines) is 1. The van der Waals surface area contributed by atoms with Gasteiger partial charge in [0.25, 0.3) is 0 Å². The molecule has 5 fully saturated rings. The SMILES string of the molecule is CC(=O)N1CCC(C(=O)N2CCc3c(ncnc3NCC(O)C34CC5CC(CC(C5)C3)C4)C2)CC1. The Morgan fingerprint density at radius 1 is 1.06 bits per heavy atom. The third-order valence-electron chi connectivity index (χ3n) is 9.86. The first kappa shape index (κ1) is 23.2. The summed E-state index contributed by atoms with van der Waals surface area (Å²) >= 11 is 0. The fourth-order valence-corrected chi connectivity index (χ4v) is 8.39. The van der Waals surface area contributed by atoms with E-state index in [9.17, 15) is 14.7 Å². The maximum absolute atomic E-state index is 13.2. The second-order valence-electron chi connectivity index (χ2n) is 12.1. The molecule has 190 valence electrons. The van der Waals surface area contributed by atoms with Crippen molar-refractivity contribution in [1.29, 1.82) is 0 Å². The lowest BCUT2D eigenvalue weighted by molar-refractivity contribution is -0.140. The number of hydrogen-bond donors (Lipinski definition) is 2. The molecule has 0 aromatic carbocycles. The average Bonchev–Trinajstić information content (AvgIpc) is 2.85. The number of hydrogen-bond acceptors (Lipinski definition) is 6. The van der Waals surface area contributed by atoms with Crippen molar-refractivity contribution < 1.29 is 14.7 Å². The molecule has 1 aromatic rings. The van der Waals surface area contributed by atoms with Gasteiger partial charge >= 0.3 is 0 Å². The zero-order valence-electron chi connectivity index (χ0n) is 20.9. The minimum absolute atomic E-state index is 0.0120. The lowest BCUT2D eigenvalue weighted by atomic mass is 9.48. The first-order chi connectivity index (χ1) is 16.9. The maximum Gasteiger partial charge on any atom is 0.226 e. The smallest absolute Gasteiger partial charge is 0.226 e. The molecule has 1 aromatic heterocycles. The van der Waals surface area contributed by atoms with Crippen LogP contribution < -0.4 is 5.32 Å². The molecule has 35 heavy (non-hydrogen) atoms. The standard InChI is InChI=1S/C27H39N5O3/c1-17(33)31-5-2-21(3-6-31)26(35)32-7-4-22-23(15-32)29-16-30-25(22)28-14-24(34)27-11-18-8-19(12-27)10-20(9-18)13-27/h16,18-21,24,34H,2-15H2,1H3,(H,28,29,30). The van der Waals surface area contributed by atoms with E-state index in [2.05, 4.69) is 15.3 Å². The molecule has 2 amide bonds. The van der Waals surface area contributed by atoms with Crippen LogP contribution in [0.1, 0.15) is 69.5 Å². The predicted octanol–water partition coefficient (Wildman–Crippen LogP) is 2.61. The summed E-state index contributed by atoms with van der Waals surface area (Å²) in [6.07, 6.45) is 11.1. The third kappa shape index (κ3) is 4.32. The van der Waals surface area contributed by atoms with Gasteiger partial charge in [-0.15, -0.1) is 0 Å². The van der Waals surface area contributed by atoms with Gasteiger partial charge in [-0.25, -0.2) is 9.97 Å². The lowest BCUT2D eigenvalue weighted by Crippen LogP contribution is -2.53. The van der Waals surface area contributed by atoms with E-state index in [0.717, 1.165) is 54.1 Å². The highest BCUT2D eigenvalue weighted by molar-refractivity contribution is 5.80. The molecule has 4 saturated carbocycles. The second-order valence-corrected chi connectivity index (χ2v) is 12.1. The molecule has 3 heterocycles. The molecule has 8 heteroatoms. The number of nitrogens with zero attached hydrogens (tertiary/aromatic N) is 4. The number of nitrogens with one attached hydrogen (secondary N) is 1. The molecule has 1 atom stereocenters. The highest BCUT2D eigenvalue weighted by Gasteiger charge is 2.53. The van der Waals surface area contributed by atoms with Crippen LogP contribution in [-0.2, 0) is 22.6 Å². The summed E-state index contributed by atoms with van der Waals surface area (Å²) in [6.45, 7) is 4.63. The van der Waals surface area contributed by atoms with Gasteiger partial charge in [0.2, 0.25) is 11.8 Å². The molecule has 4 aliphatic carbocycles. The van der Waals surface area contributed by atoms with Crippen molar-refractivity contribution in [1.82, 2.24) is 19.8 Å². The van der Waals surface area contributed by atoms with Crippen LogP contribution in [0.15, 0.2) is 6.33 Å². The van der Waals surface area contributed by atoms with Gasteiger partial charge in [0.15, 0.2) is 0 Å². The lowest BCUT2D eigenvalue weighted by Gasteiger charge is -2.58. The Labute approximate surface area is 207 Å². The molecule has 8 nitrogen and oxygen atoms in total. The number of fused-ring (bicyclic) bond motifs is 1. The van der Waals surface area contributed by atoms with Crippen LogP contribution in [0.2, 0.25) is 0 Å². The van der Waals surface area contributed by atoms with Gasteiger partial charge in [0, 0.05) is 44.6 Å². The molecule has 1 unspecified atom stereocenters. The van der Waals surface area contributed by atoms with Crippen molar-refractivity contribution in [2.24, 2.45) is 29.1 Å². The van der Waals surface area contributed by atoms with Gasteiger partial charge in [0.1, 0.15) is 12.1 Å². The minimum Gasteiger partial charge on any atom is -0.391 e. The number of carbonyl (C=O) groups is 2. The Bertz CT molecular complexity index is 954. The van der Waals surface area contributed by atoms with Gasteiger partial charge in [-0.1, -0.05) is 0 Å². The van der Waals surface area contributed by atoms with Crippen LogP contribution in [0.3, 0.4) is 0 Å². The fourth-order valence-electron chi connectivity index (χ4n) is 8.39. The van der Waals surface area contributed by atoms with E-state index in [-0.39, 0.29) is 29.3 Å². The van der Waals surface area contributed by atoms with E-state index >= 15 is 0 Å². The predicted molar refractivity (Wildman–Crippen MR) is 131 cm³/mol. The number of anilines is 1. The second kappa shape index (κ2) is 9.02. The summed E-state index contributed by atoms with van der Waals surface area (Å²) < 4.78 is 0. The van der Waals surface area contributed by atoms with E-state index in [0.29, 0.717) is 32.7 Å². The number of aromatic nitrogens is 2. The molecule has 0 radical (unpaired) electrons. The van der Waals surface area contributed by atoms with Gasteiger partial charge < -0.3 is 20.2 Å². The zero-order valence-corrected chi connectivity index (χ0v) is 20.9. The Morgan fingerprint density at radius 3 is 2.34 bits per heavy atom. The van der Waals surface area contributed by atoms with E-state index in [4.69, 9.17) is 0 Å². The van der Waals surface area contributed by atoms with Gasteiger partial charge in [-0.05, 0) is 81.0 Å². The summed E-state index contributed by atoms with van der Waals surface area (Å²) in [4.78, 5) is 37.6. The molecule has 2 N–H and O–H groups in total. The number of piperidine rings is 1. The van der Waals surface area contributed by atoms with Crippen molar-refractivity contribution in [3.63, 3.8) is 0 Å². The first-order valence-electron chi connectivity index (χ1n) is 13.7. The molecular formula is C27H39N5O3. The largest absolute Gasteiger partial charge is 0.391 e. The molecule has 0 spiro atoms. The molecule has 7 rings (SSSR count). The summed E-state index contributed by atoms with van der Waals surface area (Å²) in [7, 11) is 0. The van der Waals surface area contributed by atoms with Crippen LogP contribution >= 0.6 is 0 Å². The number of amides is 2. The Hall–Kier alpha value is -2.22. The summed E-state index contributed by atoms with van der Waals surface area (Å²) in [5.74, 6) is 3.54. The van der Waals surface area contributed by atoms with E-state index in [1.165, 1.54) is 38.5 Å². The first-order valence-corrected chi connectivity index (χ1v) is 13.7. The van der Waals surface area contributed by atoms with Crippen molar-refractivity contribution >= 4 is 17.6 Å². The Morgan fingerprint density at radius 2 is 1.71 bits per heavy atom. The fraction of sp³-hybridized carbons (Fsp3) is 0.778. The van der Waals surface area contributed by atoms with Crippen molar-refractivity contribution in [3.8, 4) is 0 Å². The highest BCUT2D eigenvalue weighted by atomic mass is 16.3. The van der Waals surface area contributed by atoms with Crippen molar-refractivity contribution in [2.45, 2.75) is 77.4 Å². The monoisotopic (exact) mass is 481 g/mol. The van der Waals surface area contributed by atoms with E-state index < -0.39 is 0 Å². The zero-order chi connectivity index (χ0) is 24.2. The van der Waals surface area contributed by atoms with Crippen molar-refractivity contribution in [2.75, 3.05) is 31.5 Å². The molecule has 6 aliphatic rings. The van der Waals surface area contributed by atoms with E-state index in [1.807, 2.05) is 9.80 Å². The number of carbonyl (C=O) groups excluding carboxylic acids is 2. The normalized spacial score (nSPS) is 32.9. The van der Waals surface area contributed by atoms with Gasteiger partial charge in [-0.2, -0.15) is 0 Å². The third-order valence-corrected chi connectivity index (χ3v) is 9.86. The molecule has 2 aliphatic heterocycles. The summed E-state index contributed by atoms with van der Waals surface area (Å²) in [6, 6.07) is 0. The number of aliphatic hydroxyl groups excluding tert-OH is 1. The quantitative estimate of drug-likeness (QED) is 0.671. The minimum atomic E-state index is -0.343. The highest BCUT2D eigenvalue weighted by Crippen LogP contribution is 2.61. The maximum atomic E-state index is 13.2. The molecular weight excluding hydrogens is 442 g/mol. The van der Waals surface area contributed by atoms with Crippen LogP contribution in [0.4, 0.5) is 5.82 Å². The average molecular weight is 482 g/mol. The molecule has 1 saturated heterocycles. The van der Waals surface area contributed by atoms with Gasteiger partial charge in [0.05, 0.1) is 18.3 Å². The van der Waals surface area contributed by atoms with Gasteiger partial charge in [-0.3, -0.25) is 9.59 Å². The topological polar surface area (TPSA) is 98.7 Å². The van der Waals surface area contributed by atoms with Crippen LogP contribution in [0, 0.1) is 29.1 Å². The Kier molecular flexibility index (Phi) is 5.98. The van der Waals surface area contributed by atoms with Crippen LogP contribution in [-0.4, -0.2) is 69.0 Å².